The number of rotatable bonds is 6. The molecule has 12 heteroatoms. The lowest BCUT2D eigenvalue weighted by Crippen LogP contribution is -2.79. The molecule has 2 unspecified atom stereocenters. The Morgan fingerprint density at radius 3 is 2.24 bits per heavy atom. The second-order valence-electron chi connectivity index (χ2n) is 14.6. The molecule has 0 heterocycles. The normalized spacial score (nSPS) is 34.7. The summed E-state index contributed by atoms with van der Waals surface area (Å²) in [6.07, 6.45) is -3.22. The number of carbonyl (C=O) groups is 3. The van der Waals surface area contributed by atoms with E-state index in [1.807, 2.05) is 13.8 Å². The number of aliphatic hydroxyl groups is 3. The van der Waals surface area contributed by atoms with E-state index in [1.165, 1.54) is 13.8 Å². The molecular weight excluding hydrogens is 600 g/mol. The van der Waals surface area contributed by atoms with Gasteiger partial charge in [0.2, 0.25) is 15.9 Å². The van der Waals surface area contributed by atoms with Gasteiger partial charge in [0, 0.05) is 5.41 Å². The van der Waals surface area contributed by atoms with Crippen LogP contribution in [0.2, 0.25) is 0 Å². The smallest absolute Gasteiger partial charge is 0.230 e. The number of amides is 1. The minimum absolute atomic E-state index is 0.0520. The van der Waals surface area contributed by atoms with Gasteiger partial charge in [0.1, 0.15) is 17.8 Å². The summed E-state index contributed by atoms with van der Waals surface area (Å²) in [6.45, 7) is 13.7. The van der Waals surface area contributed by atoms with Crippen LogP contribution in [0.15, 0.2) is 6.07 Å². The van der Waals surface area contributed by atoms with Gasteiger partial charge in [-0.15, -0.1) is 0 Å². The van der Waals surface area contributed by atoms with Gasteiger partial charge >= 0.3 is 0 Å². The Bertz CT molecular complexity index is 1610. The van der Waals surface area contributed by atoms with Gasteiger partial charge in [0.05, 0.1) is 34.9 Å². The summed E-state index contributed by atoms with van der Waals surface area (Å²) in [6, 6.07) is 1.68. The standard InChI is InChI=1S/C33H46N2O9S/c1-15(2)19-12-18(10-9-11-35-45(43,44)17(5)6)25(36)21-20(19)13-31(7)14-32(8)23(16(3)4)27(38)22(30(34)41)28(39)33(32,42)29(40)24(31)26(21)37/h12,15-17,22-24,27,29,35-36,38,40,42H,11,13-14H2,1-8H3,(H2,34,41)/t22-,23+,24-,27?,29?,31-,32-,33+/m1/s1. The summed E-state index contributed by atoms with van der Waals surface area (Å²) in [4.78, 5) is 40.7. The van der Waals surface area contributed by atoms with E-state index in [0.717, 1.165) is 5.56 Å². The van der Waals surface area contributed by atoms with Crippen LogP contribution in [0.1, 0.15) is 94.8 Å². The molecule has 0 radical (unpaired) electrons. The van der Waals surface area contributed by atoms with Crippen molar-refractivity contribution in [1.82, 2.24) is 4.72 Å². The minimum atomic E-state index is -3.57. The second kappa shape index (κ2) is 11.5. The largest absolute Gasteiger partial charge is 0.506 e. The van der Waals surface area contributed by atoms with Gasteiger partial charge in [-0.25, -0.2) is 13.1 Å². The maximum absolute atomic E-state index is 14.5. The first kappa shape index (κ1) is 35.0. The van der Waals surface area contributed by atoms with Gasteiger partial charge in [0.25, 0.3) is 0 Å². The first-order valence-corrected chi connectivity index (χ1v) is 17.0. The molecule has 2 saturated carbocycles. The molecule has 248 valence electrons. The van der Waals surface area contributed by atoms with Gasteiger partial charge in [-0.1, -0.05) is 53.4 Å². The molecule has 0 bridgehead atoms. The van der Waals surface area contributed by atoms with Crippen LogP contribution >= 0.6 is 0 Å². The van der Waals surface area contributed by atoms with Gasteiger partial charge in [-0.05, 0) is 67.1 Å². The number of nitrogens with one attached hydrogen (secondary N) is 1. The van der Waals surface area contributed by atoms with Crippen molar-refractivity contribution in [2.75, 3.05) is 6.54 Å². The van der Waals surface area contributed by atoms with Gasteiger partial charge in [-0.3, -0.25) is 14.4 Å². The number of aliphatic hydroxyl groups excluding tert-OH is 2. The fourth-order valence-corrected chi connectivity index (χ4v) is 9.29. The number of hydrogen-bond acceptors (Lipinski definition) is 9. The van der Waals surface area contributed by atoms with E-state index >= 15 is 0 Å². The molecule has 3 aliphatic rings. The highest BCUT2D eigenvalue weighted by Crippen LogP contribution is 2.66. The van der Waals surface area contributed by atoms with Gasteiger partial charge in [-0.2, -0.15) is 0 Å². The number of primary amides is 1. The molecule has 45 heavy (non-hydrogen) atoms. The van der Waals surface area contributed by atoms with Crippen LogP contribution in [-0.4, -0.2) is 75.9 Å². The predicted molar refractivity (Wildman–Crippen MR) is 166 cm³/mol. The zero-order valence-corrected chi connectivity index (χ0v) is 27.9. The molecule has 1 aromatic rings. The Balaban J connectivity index is 1.89. The Morgan fingerprint density at radius 1 is 1.13 bits per heavy atom. The van der Waals surface area contributed by atoms with Crippen LogP contribution in [-0.2, 0) is 26.0 Å². The first-order chi connectivity index (χ1) is 20.6. The van der Waals surface area contributed by atoms with Crippen molar-refractivity contribution >= 4 is 27.5 Å². The van der Waals surface area contributed by atoms with E-state index in [1.54, 1.807) is 33.8 Å². The molecule has 7 N–H and O–H groups in total. The molecule has 8 atom stereocenters. The lowest BCUT2D eigenvalue weighted by atomic mass is 9.39. The maximum atomic E-state index is 14.5. The Hall–Kier alpha value is -2.82. The number of hydrogen-bond donors (Lipinski definition) is 6. The molecular formula is C33H46N2O9S. The predicted octanol–water partition coefficient (Wildman–Crippen LogP) is 1.38. The highest BCUT2D eigenvalue weighted by molar-refractivity contribution is 7.90. The summed E-state index contributed by atoms with van der Waals surface area (Å²) in [7, 11) is -3.57. The minimum Gasteiger partial charge on any atom is -0.506 e. The molecule has 11 nitrogen and oxygen atoms in total. The van der Waals surface area contributed by atoms with E-state index in [0.29, 0.717) is 5.56 Å². The summed E-state index contributed by atoms with van der Waals surface area (Å²) in [5.74, 6) is -2.33. The Morgan fingerprint density at radius 2 is 1.73 bits per heavy atom. The number of benzene rings is 1. The molecule has 4 rings (SSSR count). The van der Waals surface area contributed by atoms with E-state index in [9.17, 15) is 43.2 Å². The number of ketones is 2. The van der Waals surface area contributed by atoms with Crippen molar-refractivity contribution in [3.63, 3.8) is 0 Å². The van der Waals surface area contributed by atoms with E-state index < -0.39 is 84.9 Å². The first-order valence-electron chi connectivity index (χ1n) is 15.4. The highest BCUT2D eigenvalue weighted by Gasteiger charge is 2.76. The summed E-state index contributed by atoms with van der Waals surface area (Å²) < 4.78 is 26.6. The summed E-state index contributed by atoms with van der Waals surface area (Å²) in [5, 5.41) is 46.3. The third-order valence-electron chi connectivity index (χ3n) is 10.6. The van der Waals surface area contributed by atoms with E-state index in [4.69, 9.17) is 5.73 Å². The number of phenolic OH excluding ortho intramolecular Hbond substituents is 1. The molecule has 0 spiro atoms. The summed E-state index contributed by atoms with van der Waals surface area (Å²) in [5.41, 5.74) is 1.80. The van der Waals surface area contributed by atoms with Crippen LogP contribution in [0, 0.1) is 46.3 Å². The van der Waals surface area contributed by atoms with Crippen molar-refractivity contribution < 1.29 is 43.2 Å². The molecule has 3 aliphatic carbocycles. The number of nitrogens with two attached hydrogens (primary N) is 1. The number of sulfonamides is 1. The molecule has 0 saturated heterocycles. The molecule has 1 aromatic carbocycles. The maximum Gasteiger partial charge on any atom is 0.230 e. The van der Waals surface area contributed by atoms with E-state index in [2.05, 4.69) is 16.6 Å². The molecule has 0 aromatic heterocycles. The topological polar surface area (TPSA) is 204 Å². The molecule has 1 amide bonds. The highest BCUT2D eigenvalue weighted by atomic mass is 32.2. The number of fused-ring (bicyclic) bond motifs is 3. The molecule has 0 aliphatic heterocycles. The van der Waals surface area contributed by atoms with Crippen molar-refractivity contribution in [3.8, 4) is 17.6 Å². The zero-order chi connectivity index (χ0) is 34.2. The van der Waals surface area contributed by atoms with Crippen LogP contribution in [0.25, 0.3) is 0 Å². The average Bonchev–Trinajstić information content (AvgIpc) is 2.88. The summed E-state index contributed by atoms with van der Waals surface area (Å²) >= 11 is 0. The van der Waals surface area contributed by atoms with Gasteiger partial charge in [0.15, 0.2) is 17.2 Å². The van der Waals surface area contributed by atoms with Crippen LogP contribution in [0.5, 0.6) is 5.75 Å². The monoisotopic (exact) mass is 646 g/mol. The zero-order valence-electron chi connectivity index (χ0n) is 27.1. The lowest BCUT2D eigenvalue weighted by molar-refractivity contribution is -0.265. The third-order valence-corrected chi connectivity index (χ3v) is 12.4. The number of aromatic hydroxyl groups is 1. The van der Waals surface area contributed by atoms with Crippen LogP contribution in [0.4, 0.5) is 0 Å². The number of carbonyl (C=O) groups excluding carboxylic acids is 3. The average molecular weight is 647 g/mol. The number of phenols is 1. The van der Waals surface area contributed by atoms with Crippen LogP contribution < -0.4 is 10.5 Å². The Labute approximate surface area is 265 Å². The SMILES string of the molecule is CC(C)c1cc(C#CCNS(=O)(=O)C(C)C)c(O)c2c1C[C@]1(C)C[C@]3(C)[C@@H](C(C)C)C(O)[C@@H](C(N)=O)C(=O)[C@]3(O)C(O)[C@H]1C2=O. The van der Waals surface area contributed by atoms with Crippen molar-refractivity contribution in [1.29, 1.82) is 0 Å². The van der Waals surface area contributed by atoms with Crippen molar-refractivity contribution in [3.05, 3.63) is 28.3 Å². The lowest BCUT2D eigenvalue weighted by Gasteiger charge is -2.66. The van der Waals surface area contributed by atoms with E-state index in [-0.39, 0.29) is 42.3 Å². The molecule has 2 fully saturated rings. The van der Waals surface area contributed by atoms with Crippen molar-refractivity contribution in [2.45, 2.75) is 97.2 Å². The Kier molecular flexibility index (Phi) is 8.92. The fraction of sp³-hybridized carbons (Fsp3) is 0.667. The van der Waals surface area contributed by atoms with Crippen LogP contribution in [0.3, 0.4) is 0 Å². The fourth-order valence-electron chi connectivity index (χ4n) is 8.68. The van der Waals surface area contributed by atoms with Gasteiger partial charge < -0.3 is 26.2 Å². The number of Topliss-reactive ketones (excluding diaryl/α,β-unsaturated/α-hetero) is 2. The van der Waals surface area contributed by atoms with Crippen molar-refractivity contribution in [2.24, 2.45) is 40.2 Å². The third kappa shape index (κ3) is 5.11. The quantitative estimate of drug-likeness (QED) is 0.195. The second-order valence-corrected chi connectivity index (χ2v) is 16.9.